The molecule has 0 bridgehead atoms. The third-order valence-electron chi connectivity index (χ3n) is 14.3. The molecule has 472 valence electrons. The molecule has 0 radical (unpaired) electrons. The zero-order valence-corrected chi connectivity index (χ0v) is 52.2. The third-order valence-corrected chi connectivity index (χ3v) is 14.3. The van der Waals surface area contributed by atoms with Crippen LogP contribution < -0.4 is 0 Å². The number of hydrogen-bond acceptors (Lipinski definition) is 11. The van der Waals surface area contributed by atoms with E-state index in [-0.39, 0.29) is 25.9 Å². The number of carboxylic acid groups (broad SMARTS) is 1. The summed E-state index contributed by atoms with van der Waals surface area (Å²) in [5.41, 5.74) is 0. The van der Waals surface area contributed by atoms with Gasteiger partial charge in [-0.25, -0.2) is 4.79 Å². The summed E-state index contributed by atoms with van der Waals surface area (Å²) < 4.78 is 28.5. The van der Waals surface area contributed by atoms with Crippen LogP contribution in [0.25, 0.3) is 0 Å². The zero-order chi connectivity index (χ0) is 60.3. The Balaban J connectivity index is 2.68. The van der Waals surface area contributed by atoms with Crippen molar-refractivity contribution < 1.29 is 58.2 Å². The van der Waals surface area contributed by atoms with Crippen molar-refractivity contribution in [3.8, 4) is 0 Å². The first-order valence-electron chi connectivity index (χ1n) is 32.9. The monoisotopic (exact) mass is 1160 g/mol. The predicted octanol–water partition coefficient (Wildman–Crippen LogP) is 17.8. The summed E-state index contributed by atoms with van der Waals surface area (Å²) in [6.45, 7) is 5.74. The van der Waals surface area contributed by atoms with Gasteiger partial charge in [-0.2, -0.15) is 0 Å². The maximum absolute atomic E-state index is 13.2. The fraction of sp³-hybridized carbons (Fsp3) is 0.690. The quantitative estimate of drug-likeness (QED) is 0.0228. The van der Waals surface area contributed by atoms with Gasteiger partial charge in [-0.1, -0.05) is 233 Å². The van der Waals surface area contributed by atoms with Crippen LogP contribution in [-0.4, -0.2) is 89.2 Å². The number of rotatable bonds is 55. The molecule has 1 aliphatic rings. The fourth-order valence-electron chi connectivity index (χ4n) is 9.34. The van der Waals surface area contributed by atoms with E-state index >= 15 is 0 Å². The van der Waals surface area contributed by atoms with Crippen molar-refractivity contribution in [2.75, 3.05) is 13.2 Å². The highest BCUT2D eigenvalue weighted by Crippen LogP contribution is 2.26. The molecule has 6 unspecified atom stereocenters. The number of allylic oxidation sites excluding steroid dienone is 18. The van der Waals surface area contributed by atoms with Gasteiger partial charge in [0, 0.05) is 19.3 Å². The highest BCUT2D eigenvalue weighted by atomic mass is 16.7. The fourth-order valence-corrected chi connectivity index (χ4v) is 9.34. The van der Waals surface area contributed by atoms with Gasteiger partial charge in [0.2, 0.25) is 0 Å². The lowest BCUT2D eigenvalue weighted by Crippen LogP contribution is -2.61. The van der Waals surface area contributed by atoms with Crippen LogP contribution in [0.2, 0.25) is 0 Å². The van der Waals surface area contributed by atoms with Gasteiger partial charge in [0.1, 0.15) is 18.8 Å². The minimum absolute atomic E-state index is 0.0263. The summed E-state index contributed by atoms with van der Waals surface area (Å²) in [6.07, 6.45) is 66.1. The first kappa shape index (κ1) is 76.4. The van der Waals surface area contributed by atoms with Gasteiger partial charge in [-0.3, -0.25) is 14.4 Å². The van der Waals surface area contributed by atoms with E-state index in [0.29, 0.717) is 19.3 Å². The summed E-state index contributed by atoms with van der Waals surface area (Å²) >= 11 is 0. The SMILES string of the molecule is CC/C=C\C/C=C\C/C=C\C/C=C\CCCCCCC(=O)OC1C(OCC(COC(=O)CCCCCCCCCCC/C=C\C/C=C\CCCCC)OC(=O)CCCCCCCCC/C=C\C/C=C\C/C=C\CC)OC(C(=O)O)C(O)C1O. The predicted molar refractivity (Wildman–Crippen MR) is 340 cm³/mol. The second-order valence-corrected chi connectivity index (χ2v) is 22.0. The van der Waals surface area contributed by atoms with Gasteiger partial charge in [-0.05, 0) is 122 Å². The van der Waals surface area contributed by atoms with Gasteiger partial charge in [0.15, 0.2) is 24.6 Å². The summed E-state index contributed by atoms with van der Waals surface area (Å²) in [5.74, 6) is -3.17. The van der Waals surface area contributed by atoms with Crippen molar-refractivity contribution in [2.45, 2.75) is 302 Å². The highest BCUT2D eigenvalue weighted by Gasteiger charge is 2.50. The van der Waals surface area contributed by atoms with Crippen LogP contribution >= 0.6 is 0 Å². The second kappa shape index (κ2) is 57.8. The summed E-state index contributed by atoms with van der Waals surface area (Å²) in [5, 5.41) is 31.6. The topological polar surface area (TPSA) is 175 Å². The Morgan fingerprint density at radius 1 is 0.410 bits per heavy atom. The molecule has 1 rings (SSSR count). The Bertz CT molecular complexity index is 1860. The molecule has 0 aromatic carbocycles. The van der Waals surface area contributed by atoms with Crippen LogP contribution in [0.15, 0.2) is 109 Å². The maximum Gasteiger partial charge on any atom is 0.335 e. The van der Waals surface area contributed by atoms with Gasteiger partial charge in [-0.15, -0.1) is 0 Å². The van der Waals surface area contributed by atoms with Crippen molar-refractivity contribution in [1.29, 1.82) is 0 Å². The molecule has 0 spiro atoms. The summed E-state index contributed by atoms with van der Waals surface area (Å²) in [7, 11) is 0. The molecule has 6 atom stereocenters. The first-order chi connectivity index (χ1) is 40.6. The van der Waals surface area contributed by atoms with E-state index in [4.69, 9.17) is 23.7 Å². The van der Waals surface area contributed by atoms with Crippen molar-refractivity contribution in [3.63, 3.8) is 0 Å². The van der Waals surface area contributed by atoms with E-state index in [2.05, 4.69) is 130 Å². The summed E-state index contributed by atoms with van der Waals surface area (Å²) in [6, 6.07) is 0. The molecular weight excluding hydrogens is 1040 g/mol. The lowest BCUT2D eigenvalue weighted by atomic mass is 9.98. The van der Waals surface area contributed by atoms with Crippen LogP contribution in [0.4, 0.5) is 0 Å². The van der Waals surface area contributed by atoms with E-state index in [1.54, 1.807) is 0 Å². The number of carbonyl (C=O) groups excluding carboxylic acids is 3. The molecule has 0 aliphatic carbocycles. The Labute approximate surface area is 504 Å². The van der Waals surface area contributed by atoms with Gasteiger partial charge < -0.3 is 39.0 Å². The Morgan fingerprint density at radius 3 is 1.16 bits per heavy atom. The van der Waals surface area contributed by atoms with Crippen LogP contribution in [0, 0.1) is 0 Å². The molecule has 0 amide bonds. The number of aliphatic carboxylic acids is 1. The normalized spacial score (nSPS) is 18.3. The molecule has 0 aromatic rings. The van der Waals surface area contributed by atoms with Crippen LogP contribution in [0.3, 0.4) is 0 Å². The van der Waals surface area contributed by atoms with E-state index < -0.39 is 67.3 Å². The van der Waals surface area contributed by atoms with Gasteiger partial charge >= 0.3 is 23.9 Å². The molecule has 83 heavy (non-hydrogen) atoms. The average Bonchev–Trinajstić information content (AvgIpc) is 3.55. The molecule has 1 fully saturated rings. The van der Waals surface area contributed by atoms with E-state index in [0.717, 1.165) is 148 Å². The first-order valence-corrected chi connectivity index (χ1v) is 32.9. The Kier molecular flexibility index (Phi) is 53.2. The zero-order valence-electron chi connectivity index (χ0n) is 52.2. The number of carbonyl (C=O) groups is 4. The number of unbranched alkanes of at least 4 members (excludes halogenated alkanes) is 23. The second-order valence-electron chi connectivity index (χ2n) is 22.0. The number of aliphatic hydroxyl groups excluding tert-OH is 2. The van der Waals surface area contributed by atoms with Crippen LogP contribution in [-0.2, 0) is 42.9 Å². The molecule has 12 heteroatoms. The van der Waals surface area contributed by atoms with E-state index in [9.17, 15) is 34.5 Å². The minimum Gasteiger partial charge on any atom is -0.479 e. The van der Waals surface area contributed by atoms with Crippen molar-refractivity contribution in [1.82, 2.24) is 0 Å². The largest absolute Gasteiger partial charge is 0.479 e. The van der Waals surface area contributed by atoms with Crippen LogP contribution in [0.1, 0.15) is 265 Å². The lowest BCUT2D eigenvalue weighted by Gasteiger charge is -2.40. The summed E-state index contributed by atoms with van der Waals surface area (Å²) in [4.78, 5) is 51.4. The molecule has 1 saturated heterocycles. The molecule has 0 saturated carbocycles. The van der Waals surface area contributed by atoms with Crippen molar-refractivity contribution >= 4 is 23.9 Å². The van der Waals surface area contributed by atoms with Gasteiger partial charge in [0.25, 0.3) is 0 Å². The molecular formula is C71H116O12. The molecule has 3 N–H and O–H groups in total. The number of aliphatic hydroxyl groups is 2. The standard InChI is InChI=1S/C71H116O12/c1-4-7-10-13-16-19-22-25-28-31-32-35-36-39-42-45-48-51-54-57-63(72)79-60-62(81-64(73)58-55-52-49-46-43-40-37-33-29-26-23-20-17-14-11-8-5-2)61-80-71-69(67(76)66(75)68(83-71)70(77)78)82-65(74)59-56-53-50-47-44-41-38-34-30-27-24-21-18-15-12-9-6-3/h8-9,11-12,16-21,25-30,38,41,62,66-69,71,75-76H,4-7,10,13-15,22-24,31-37,39-40,42-61H2,1-3H3,(H,77,78)/b11-8-,12-9-,19-16-,20-17-,21-18-,28-25-,29-26-,30-27-,41-38-. The smallest absolute Gasteiger partial charge is 0.335 e. The van der Waals surface area contributed by atoms with Crippen molar-refractivity contribution in [3.05, 3.63) is 109 Å². The number of carboxylic acids is 1. The number of ether oxygens (including phenoxy) is 5. The molecule has 1 heterocycles. The van der Waals surface area contributed by atoms with Gasteiger partial charge in [0.05, 0.1) is 6.61 Å². The molecule has 12 nitrogen and oxygen atoms in total. The molecule has 1 aliphatic heterocycles. The number of esters is 3. The van der Waals surface area contributed by atoms with E-state index in [1.165, 1.54) is 57.8 Å². The highest BCUT2D eigenvalue weighted by molar-refractivity contribution is 5.74. The average molecular weight is 1160 g/mol. The van der Waals surface area contributed by atoms with Crippen molar-refractivity contribution in [2.24, 2.45) is 0 Å². The minimum atomic E-state index is -1.92. The third kappa shape index (κ3) is 47.3. The Hall–Kier alpha value is -4.62. The maximum atomic E-state index is 13.2. The number of hydrogen-bond donors (Lipinski definition) is 3. The van der Waals surface area contributed by atoms with Crippen LogP contribution in [0.5, 0.6) is 0 Å². The molecule has 0 aromatic heterocycles. The van der Waals surface area contributed by atoms with E-state index in [1.807, 2.05) is 0 Å². The lowest BCUT2D eigenvalue weighted by molar-refractivity contribution is -0.301. The Morgan fingerprint density at radius 2 is 0.759 bits per heavy atom.